The van der Waals surface area contributed by atoms with Gasteiger partial charge in [-0.3, -0.25) is 9.59 Å². The number of rotatable bonds is 7. The molecule has 2 saturated carbocycles. The van der Waals surface area contributed by atoms with Crippen LogP contribution in [0.2, 0.25) is 0 Å². The molecule has 3 aliphatic rings. The van der Waals surface area contributed by atoms with Gasteiger partial charge < -0.3 is 4.84 Å². The van der Waals surface area contributed by atoms with Crippen molar-refractivity contribution in [3.63, 3.8) is 0 Å². The predicted octanol–water partition coefficient (Wildman–Crippen LogP) is 4.40. The molecule has 0 unspecified atom stereocenters. The van der Waals surface area contributed by atoms with Gasteiger partial charge in [0, 0.05) is 11.1 Å². The molecular weight excluding hydrogens is 394 g/mol. The molecular formula is C25H23NO5. The van der Waals surface area contributed by atoms with E-state index >= 15 is 0 Å². The summed E-state index contributed by atoms with van der Waals surface area (Å²) >= 11 is 0. The fourth-order valence-corrected chi connectivity index (χ4v) is 6.37. The average molecular weight is 417 g/mol. The van der Waals surface area contributed by atoms with Crippen molar-refractivity contribution in [3.8, 4) is 0 Å². The van der Waals surface area contributed by atoms with E-state index in [1.54, 1.807) is 48.5 Å². The van der Waals surface area contributed by atoms with Crippen LogP contribution in [0.1, 0.15) is 33.6 Å². The fourth-order valence-electron chi connectivity index (χ4n) is 6.37. The molecule has 5 rings (SSSR count). The van der Waals surface area contributed by atoms with Gasteiger partial charge in [0.25, 0.3) is 5.09 Å². The fraction of sp³-hybridized carbons (Fsp3) is 0.360. The Morgan fingerprint density at radius 1 is 0.935 bits per heavy atom. The molecule has 0 spiro atoms. The Morgan fingerprint density at radius 3 is 2.06 bits per heavy atom. The molecule has 2 fully saturated rings. The molecule has 0 N–H and O–H groups in total. The van der Waals surface area contributed by atoms with Crippen molar-refractivity contribution in [2.45, 2.75) is 18.9 Å². The van der Waals surface area contributed by atoms with Crippen LogP contribution in [-0.2, 0) is 4.84 Å². The second kappa shape index (κ2) is 7.76. The number of allylic oxidation sites excluding steroid dienone is 2. The molecule has 2 aromatic rings. The summed E-state index contributed by atoms with van der Waals surface area (Å²) in [6.45, 7) is 0. The number of fused-ring (bicyclic) bond motifs is 5. The maximum atomic E-state index is 13.7. The van der Waals surface area contributed by atoms with Crippen LogP contribution < -0.4 is 0 Å². The smallest absolute Gasteiger partial charge is 0.294 e. The van der Waals surface area contributed by atoms with Crippen molar-refractivity contribution in [3.05, 3.63) is 94.1 Å². The number of carbonyl (C=O) groups is 2. The van der Waals surface area contributed by atoms with Crippen LogP contribution in [-0.4, -0.2) is 22.8 Å². The van der Waals surface area contributed by atoms with E-state index in [4.69, 9.17) is 4.84 Å². The Kier molecular flexibility index (Phi) is 4.93. The van der Waals surface area contributed by atoms with Gasteiger partial charge in [-0.15, -0.1) is 10.1 Å². The third-order valence-electron chi connectivity index (χ3n) is 7.42. The van der Waals surface area contributed by atoms with Gasteiger partial charge in [-0.2, -0.15) is 0 Å². The molecule has 6 nitrogen and oxygen atoms in total. The summed E-state index contributed by atoms with van der Waals surface area (Å²) in [5, 5.41) is 10.4. The first kappa shape index (κ1) is 19.7. The first-order valence-corrected chi connectivity index (χ1v) is 10.7. The lowest BCUT2D eigenvalue weighted by molar-refractivity contribution is -0.770. The maximum absolute atomic E-state index is 13.7. The molecule has 0 aliphatic heterocycles. The van der Waals surface area contributed by atoms with Crippen molar-refractivity contribution in [2.24, 2.45) is 35.5 Å². The zero-order valence-electron chi connectivity index (χ0n) is 16.9. The first-order valence-electron chi connectivity index (χ1n) is 10.7. The lowest BCUT2D eigenvalue weighted by Gasteiger charge is -2.29. The van der Waals surface area contributed by atoms with E-state index in [1.807, 2.05) is 12.1 Å². The summed E-state index contributed by atoms with van der Waals surface area (Å²) < 4.78 is 0. The third kappa shape index (κ3) is 3.26. The lowest BCUT2D eigenvalue weighted by Crippen LogP contribution is -2.37. The van der Waals surface area contributed by atoms with Crippen LogP contribution in [0.4, 0.5) is 0 Å². The number of carbonyl (C=O) groups excluding carboxylic acids is 2. The minimum absolute atomic E-state index is 0.0419. The SMILES string of the molecule is O=C(c1ccccc1)C(C(=O)c1ccccc1)[C@H]1[C@H]2C[C@@H](O[N+](=O)[O-])[C@@H]1[C@H]1C=CC[C@H]12. The number of nitrogens with zero attached hydrogens (tertiary/aromatic N) is 1. The van der Waals surface area contributed by atoms with Crippen molar-refractivity contribution in [2.75, 3.05) is 0 Å². The second-order valence-electron chi connectivity index (χ2n) is 8.77. The van der Waals surface area contributed by atoms with Gasteiger partial charge in [-0.05, 0) is 42.4 Å². The highest BCUT2D eigenvalue weighted by atomic mass is 17.0. The van der Waals surface area contributed by atoms with Gasteiger partial charge in [0.1, 0.15) is 6.10 Å². The van der Waals surface area contributed by atoms with Gasteiger partial charge in [0.2, 0.25) is 0 Å². The van der Waals surface area contributed by atoms with Crippen LogP contribution in [0.3, 0.4) is 0 Å². The van der Waals surface area contributed by atoms with Gasteiger partial charge in [-0.25, -0.2) is 0 Å². The highest BCUT2D eigenvalue weighted by molar-refractivity contribution is 6.16. The van der Waals surface area contributed by atoms with Gasteiger partial charge >= 0.3 is 0 Å². The molecule has 0 amide bonds. The van der Waals surface area contributed by atoms with Gasteiger partial charge in [0.15, 0.2) is 11.6 Å². The average Bonchev–Trinajstić information content (AvgIpc) is 3.46. The van der Waals surface area contributed by atoms with Gasteiger partial charge in [-0.1, -0.05) is 72.8 Å². The third-order valence-corrected chi connectivity index (χ3v) is 7.42. The Bertz CT molecular complexity index is 983. The number of hydrogen-bond acceptors (Lipinski definition) is 5. The van der Waals surface area contributed by atoms with Crippen molar-refractivity contribution < 1.29 is 19.5 Å². The number of Topliss-reactive ketones (excluding diaryl/α,β-unsaturated/α-hetero) is 2. The van der Waals surface area contributed by atoms with E-state index in [9.17, 15) is 19.7 Å². The molecule has 3 aliphatic carbocycles. The molecule has 0 radical (unpaired) electrons. The second-order valence-corrected chi connectivity index (χ2v) is 8.77. The molecule has 6 atom stereocenters. The van der Waals surface area contributed by atoms with Crippen LogP contribution in [0.5, 0.6) is 0 Å². The van der Waals surface area contributed by atoms with E-state index in [0.29, 0.717) is 23.5 Å². The molecule has 2 aromatic carbocycles. The van der Waals surface area contributed by atoms with E-state index < -0.39 is 17.1 Å². The monoisotopic (exact) mass is 417 g/mol. The quantitative estimate of drug-likeness (QED) is 0.219. The topological polar surface area (TPSA) is 86.5 Å². The Labute approximate surface area is 180 Å². The van der Waals surface area contributed by atoms with Gasteiger partial charge in [0.05, 0.1) is 5.92 Å². The first-order chi connectivity index (χ1) is 15.1. The van der Waals surface area contributed by atoms with E-state index in [2.05, 4.69) is 12.2 Å². The molecule has 0 heterocycles. The van der Waals surface area contributed by atoms with Crippen LogP contribution in [0.15, 0.2) is 72.8 Å². The summed E-state index contributed by atoms with van der Waals surface area (Å²) in [6.07, 6.45) is 5.05. The zero-order chi connectivity index (χ0) is 21.5. The van der Waals surface area contributed by atoms with E-state index in [1.165, 1.54) is 0 Å². The summed E-state index contributed by atoms with van der Waals surface area (Å²) in [7, 11) is 0. The molecule has 2 bridgehead atoms. The van der Waals surface area contributed by atoms with E-state index in [-0.39, 0.29) is 35.2 Å². The minimum atomic E-state index is -0.876. The van der Waals surface area contributed by atoms with Crippen LogP contribution in [0, 0.1) is 45.6 Å². The maximum Gasteiger partial charge on any atom is 0.294 e. The standard InChI is InChI=1S/C25H23NO5/c27-24(15-8-3-1-4-9-15)23(25(28)16-10-5-2-6-11-16)22-19-14-20(31-26(29)30)21(22)18-13-7-12-17(18)19/h1-11,13,17-23H,12,14H2/t17-,18+,19+,20-,21+,22+/m1/s1. The minimum Gasteiger partial charge on any atom is -0.310 e. The molecule has 158 valence electrons. The molecule has 6 heteroatoms. The largest absolute Gasteiger partial charge is 0.310 e. The van der Waals surface area contributed by atoms with E-state index in [0.717, 1.165) is 6.42 Å². The van der Waals surface area contributed by atoms with Crippen molar-refractivity contribution >= 4 is 11.6 Å². The summed E-state index contributed by atoms with van der Waals surface area (Å²) in [5.41, 5.74) is 0.992. The summed E-state index contributed by atoms with van der Waals surface area (Å²) in [4.78, 5) is 43.6. The summed E-state index contributed by atoms with van der Waals surface area (Å²) in [5.74, 6) is -1.31. The zero-order valence-corrected chi connectivity index (χ0v) is 16.9. The Morgan fingerprint density at radius 2 is 1.52 bits per heavy atom. The lowest BCUT2D eigenvalue weighted by atomic mass is 9.74. The highest BCUT2D eigenvalue weighted by Crippen LogP contribution is 2.63. The predicted molar refractivity (Wildman–Crippen MR) is 113 cm³/mol. The molecule has 31 heavy (non-hydrogen) atoms. The Hall–Kier alpha value is -3.28. The number of hydrogen-bond donors (Lipinski definition) is 0. The molecule has 0 aromatic heterocycles. The Balaban J connectivity index is 1.57. The normalized spacial score (nSPS) is 30.4. The van der Waals surface area contributed by atoms with Crippen molar-refractivity contribution in [1.29, 1.82) is 0 Å². The van der Waals surface area contributed by atoms with Crippen molar-refractivity contribution in [1.82, 2.24) is 0 Å². The number of ketones is 2. The number of benzene rings is 2. The van der Waals surface area contributed by atoms with Crippen LogP contribution in [0.25, 0.3) is 0 Å². The summed E-state index contributed by atoms with van der Waals surface area (Å²) in [6, 6.07) is 17.7. The highest BCUT2D eigenvalue weighted by Gasteiger charge is 2.63. The molecule has 0 saturated heterocycles. The van der Waals surface area contributed by atoms with Crippen LogP contribution >= 0.6 is 0 Å².